The molecule has 0 spiro atoms. The lowest BCUT2D eigenvalue weighted by Crippen LogP contribution is -2.44. The van der Waals surface area contributed by atoms with Crippen LogP contribution in [0.2, 0.25) is 0 Å². The third kappa shape index (κ3) is 4.28. The number of carbonyl (C=O) groups is 1. The van der Waals surface area contributed by atoms with Crippen LogP contribution in [-0.2, 0) is 9.53 Å². The van der Waals surface area contributed by atoms with Gasteiger partial charge < -0.3 is 15.0 Å². The predicted octanol–water partition coefficient (Wildman–Crippen LogP) is 0.901. The van der Waals surface area contributed by atoms with E-state index in [0.717, 1.165) is 38.4 Å². The molecule has 4 nitrogen and oxygen atoms in total. The van der Waals surface area contributed by atoms with Gasteiger partial charge in [-0.25, -0.2) is 0 Å². The Morgan fingerprint density at radius 3 is 2.50 bits per heavy atom. The summed E-state index contributed by atoms with van der Waals surface area (Å²) in [5.41, 5.74) is 0. The van der Waals surface area contributed by atoms with Gasteiger partial charge in [-0.05, 0) is 39.3 Å². The van der Waals surface area contributed by atoms with Crippen molar-refractivity contribution in [2.45, 2.75) is 25.9 Å². The number of rotatable bonds is 4. The van der Waals surface area contributed by atoms with Crippen molar-refractivity contribution in [1.82, 2.24) is 10.2 Å². The van der Waals surface area contributed by atoms with Crippen LogP contribution in [0.1, 0.15) is 19.8 Å². The fourth-order valence-corrected chi connectivity index (χ4v) is 2.00. The van der Waals surface area contributed by atoms with E-state index >= 15 is 0 Å². The van der Waals surface area contributed by atoms with Crippen molar-refractivity contribution in [1.29, 1.82) is 0 Å². The van der Waals surface area contributed by atoms with Crippen LogP contribution < -0.4 is 5.32 Å². The first-order valence-electron chi connectivity index (χ1n) is 5.65. The Morgan fingerprint density at radius 2 is 2.06 bits per heavy atom. The predicted molar refractivity (Wildman–Crippen MR) is 66.9 cm³/mol. The van der Waals surface area contributed by atoms with E-state index in [1.54, 1.807) is 7.11 Å². The average molecular weight is 251 g/mol. The second kappa shape index (κ2) is 7.87. The number of nitrogens with zero attached hydrogens (tertiary/aromatic N) is 1. The van der Waals surface area contributed by atoms with E-state index in [4.69, 9.17) is 4.74 Å². The highest BCUT2D eigenvalue weighted by atomic mass is 35.5. The number of methoxy groups -OCH3 is 1. The van der Waals surface area contributed by atoms with Gasteiger partial charge in [0.25, 0.3) is 5.91 Å². The van der Waals surface area contributed by atoms with Crippen molar-refractivity contribution in [3.05, 3.63) is 0 Å². The SMILES string of the molecule is CNCC1CCN(C(=O)C(C)OC)CC1.Cl. The Bertz CT molecular complexity index is 206. The largest absolute Gasteiger partial charge is 0.372 e. The normalized spacial score (nSPS) is 19.1. The van der Waals surface area contributed by atoms with E-state index in [-0.39, 0.29) is 24.4 Å². The minimum absolute atomic E-state index is 0. The molecular weight excluding hydrogens is 228 g/mol. The van der Waals surface area contributed by atoms with Crippen molar-refractivity contribution in [2.24, 2.45) is 5.92 Å². The van der Waals surface area contributed by atoms with Crippen molar-refractivity contribution in [3.8, 4) is 0 Å². The van der Waals surface area contributed by atoms with Gasteiger partial charge in [0.2, 0.25) is 0 Å². The molecule has 1 unspecified atom stereocenters. The first-order chi connectivity index (χ1) is 7.19. The molecule has 16 heavy (non-hydrogen) atoms. The molecule has 0 aromatic heterocycles. The molecule has 1 aliphatic heterocycles. The van der Waals surface area contributed by atoms with Gasteiger partial charge in [-0.15, -0.1) is 12.4 Å². The molecule has 1 N–H and O–H groups in total. The van der Waals surface area contributed by atoms with Gasteiger partial charge in [-0.1, -0.05) is 0 Å². The topological polar surface area (TPSA) is 41.6 Å². The summed E-state index contributed by atoms with van der Waals surface area (Å²) in [4.78, 5) is 13.7. The number of nitrogens with one attached hydrogen (secondary N) is 1. The van der Waals surface area contributed by atoms with E-state index in [1.807, 2.05) is 18.9 Å². The zero-order valence-corrected chi connectivity index (χ0v) is 11.2. The minimum Gasteiger partial charge on any atom is -0.372 e. The molecule has 5 heteroatoms. The molecule has 1 fully saturated rings. The Morgan fingerprint density at radius 1 is 1.50 bits per heavy atom. The van der Waals surface area contributed by atoms with E-state index < -0.39 is 0 Å². The van der Waals surface area contributed by atoms with E-state index in [0.29, 0.717) is 0 Å². The number of amides is 1. The molecule has 1 saturated heterocycles. The molecule has 0 bridgehead atoms. The van der Waals surface area contributed by atoms with Gasteiger partial charge in [0, 0.05) is 20.2 Å². The van der Waals surface area contributed by atoms with Crippen LogP contribution in [-0.4, -0.2) is 50.7 Å². The molecule has 0 aromatic rings. The highest BCUT2D eigenvalue weighted by Gasteiger charge is 2.25. The smallest absolute Gasteiger partial charge is 0.251 e. The highest BCUT2D eigenvalue weighted by molar-refractivity contribution is 5.85. The monoisotopic (exact) mass is 250 g/mol. The first-order valence-corrected chi connectivity index (χ1v) is 5.65. The number of likely N-dealkylation sites (tertiary alicyclic amines) is 1. The third-order valence-electron chi connectivity index (χ3n) is 3.12. The zero-order chi connectivity index (χ0) is 11.3. The molecule has 0 aromatic carbocycles. The van der Waals surface area contributed by atoms with Gasteiger partial charge in [0.05, 0.1) is 0 Å². The number of carbonyl (C=O) groups excluding carboxylic acids is 1. The Hall–Kier alpha value is -0.320. The van der Waals surface area contributed by atoms with E-state index in [1.165, 1.54) is 0 Å². The lowest BCUT2D eigenvalue weighted by atomic mass is 9.96. The molecule has 1 amide bonds. The van der Waals surface area contributed by atoms with E-state index in [2.05, 4.69) is 5.32 Å². The lowest BCUT2D eigenvalue weighted by Gasteiger charge is -2.33. The summed E-state index contributed by atoms with van der Waals surface area (Å²) in [5, 5.41) is 3.19. The second-order valence-corrected chi connectivity index (χ2v) is 4.20. The Labute approximate surface area is 104 Å². The molecule has 0 saturated carbocycles. The molecule has 1 aliphatic rings. The summed E-state index contributed by atoms with van der Waals surface area (Å²) >= 11 is 0. The molecule has 1 atom stereocenters. The van der Waals surface area contributed by atoms with Gasteiger partial charge >= 0.3 is 0 Å². The van der Waals surface area contributed by atoms with Crippen LogP contribution in [0.25, 0.3) is 0 Å². The number of piperidine rings is 1. The molecular formula is C11H23ClN2O2. The number of hydrogen-bond acceptors (Lipinski definition) is 3. The summed E-state index contributed by atoms with van der Waals surface area (Å²) in [5.74, 6) is 0.845. The van der Waals surface area contributed by atoms with Crippen molar-refractivity contribution < 1.29 is 9.53 Å². The van der Waals surface area contributed by atoms with Crippen molar-refractivity contribution in [3.63, 3.8) is 0 Å². The summed E-state index contributed by atoms with van der Waals surface area (Å²) < 4.78 is 5.04. The molecule has 0 aliphatic carbocycles. The third-order valence-corrected chi connectivity index (χ3v) is 3.12. The van der Waals surface area contributed by atoms with Crippen molar-refractivity contribution in [2.75, 3.05) is 33.8 Å². The first kappa shape index (κ1) is 15.7. The van der Waals surface area contributed by atoms with E-state index in [9.17, 15) is 4.79 Å². The van der Waals surface area contributed by atoms with Gasteiger partial charge in [-0.3, -0.25) is 4.79 Å². The van der Waals surface area contributed by atoms with Crippen molar-refractivity contribution >= 4 is 18.3 Å². The minimum atomic E-state index is -0.300. The lowest BCUT2D eigenvalue weighted by molar-refractivity contribution is -0.142. The Balaban J connectivity index is 0.00000225. The average Bonchev–Trinajstić information content (AvgIpc) is 2.28. The quantitative estimate of drug-likeness (QED) is 0.806. The number of halogens is 1. The standard InChI is InChI=1S/C11H22N2O2.ClH/c1-9(15-3)11(14)13-6-4-10(5-7-13)8-12-2;/h9-10,12H,4-8H2,1-3H3;1H. The number of hydrogen-bond donors (Lipinski definition) is 1. The van der Waals surface area contributed by atoms with Crippen LogP contribution in [0.15, 0.2) is 0 Å². The zero-order valence-electron chi connectivity index (χ0n) is 10.4. The summed E-state index contributed by atoms with van der Waals surface area (Å²) in [6.45, 7) is 4.61. The van der Waals surface area contributed by atoms with Crippen LogP contribution in [0.4, 0.5) is 0 Å². The van der Waals surface area contributed by atoms with Gasteiger partial charge in [-0.2, -0.15) is 0 Å². The molecule has 96 valence electrons. The highest BCUT2D eigenvalue weighted by Crippen LogP contribution is 2.17. The van der Waals surface area contributed by atoms with Crippen LogP contribution >= 0.6 is 12.4 Å². The van der Waals surface area contributed by atoms with Crippen LogP contribution in [0.3, 0.4) is 0 Å². The maximum atomic E-state index is 11.8. The van der Waals surface area contributed by atoms with Gasteiger partial charge in [0.15, 0.2) is 0 Å². The fraction of sp³-hybridized carbons (Fsp3) is 0.909. The summed E-state index contributed by atoms with van der Waals surface area (Å²) in [6, 6.07) is 0. The molecule has 0 radical (unpaired) electrons. The van der Waals surface area contributed by atoms with Crippen LogP contribution in [0, 0.1) is 5.92 Å². The fourth-order valence-electron chi connectivity index (χ4n) is 2.00. The maximum absolute atomic E-state index is 11.8. The van der Waals surface area contributed by atoms with Gasteiger partial charge in [0.1, 0.15) is 6.10 Å². The summed E-state index contributed by atoms with van der Waals surface area (Å²) in [6.07, 6.45) is 1.90. The molecule has 1 rings (SSSR count). The number of ether oxygens (including phenoxy) is 1. The van der Waals surface area contributed by atoms with Crippen LogP contribution in [0.5, 0.6) is 0 Å². The molecule has 1 heterocycles. The second-order valence-electron chi connectivity index (χ2n) is 4.20. The Kier molecular flexibility index (Phi) is 7.72. The summed E-state index contributed by atoms with van der Waals surface area (Å²) in [7, 11) is 3.56. The maximum Gasteiger partial charge on any atom is 0.251 e.